The van der Waals surface area contributed by atoms with E-state index in [1.165, 1.54) is 32.1 Å². The topological polar surface area (TPSA) is 79.0 Å². The molecule has 0 radical (unpaired) electrons. The zero-order valence-electron chi connectivity index (χ0n) is 22.5. The molecule has 0 aromatic heterocycles. The number of nitrogens with one attached hydrogen (secondary N) is 1. The maximum absolute atomic E-state index is 13.8. The highest BCUT2D eigenvalue weighted by Crippen LogP contribution is 2.31. The van der Waals surface area contributed by atoms with E-state index in [0.717, 1.165) is 13.1 Å². The maximum Gasteiger partial charge on any atom is 0.258 e. The molecule has 0 bridgehead atoms. The van der Waals surface area contributed by atoms with Crippen LogP contribution in [0.3, 0.4) is 0 Å². The van der Waals surface area contributed by atoms with Crippen molar-refractivity contribution in [2.24, 2.45) is 5.92 Å². The SMILES string of the molecule is C=CCN(CCN(C(=O)c1ccc(NS(=O)(=O)CCC)cc1)c1ccc(OC)cc1Cl)CC1CCCCC1. The quantitative estimate of drug-likeness (QED) is 0.277. The Bertz CT molecular complexity index is 1160. The van der Waals surface area contributed by atoms with Gasteiger partial charge < -0.3 is 9.64 Å². The summed E-state index contributed by atoms with van der Waals surface area (Å²) in [6.07, 6.45) is 8.80. The third kappa shape index (κ3) is 8.75. The van der Waals surface area contributed by atoms with E-state index >= 15 is 0 Å². The monoisotopic (exact) mass is 561 g/mol. The molecule has 0 atom stereocenters. The summed E-state index contributed by atoms with van der Waals surface area (Å²) in [6.45, 7) is 8.59. The highest BCUT2D eigenvalue weighted by molar-refractivity contribution is 7.92. The molecule has 0 heterocycles. The number of carbonyl (C=O) groups is 1. The molecule has 0 spiro atoms. The van der Waals surface area contributed by atoms with Gasteiger partial charge in [-0.1, -0.05) is 43.9 Å². The molecular formula is C29H40ClN3O4S. The third-order valence-electron chi connectivity index (χ3n) is 6.84. The van der Waals surface area contributed by atoms with Gasteiger partial charge in [0.05, 0.1) is 23.6 Å². The molecule has 3 rings (SSSR count). The first kappa shape index (κ1) is 30.0. The number of anilines is 2. The van der Waals surface area contributed by atoms with Gasteiger partial charge in [-0.3, -0.25) is 14.4 Å². The van der Waals surface area contributed by atoms with E-state index in [1.54, 1.807) is 54.5 Å². The van der Waals surface area contributed by atoms with Crippen LogP contribution in [0.2, 0.25) is 5.02 Å². The van der Waals surface area contributed by atoms with Gasteiger partial charge in [0.1, 0.15) is 5.75 Å². The average molecular weight is 562 g/mol. The molecule has 38 heavy (non-hydrogen) atoms. The van der Waals surface area contributed by atoms with Gasteiger partial charge in [0.2, 0.25) is 10.0 Å². The van der Waals surface area contributed by atoms with Crippen molar-refractivity contribution in [2.75, 3.05) is 48.7 Å². The molecule has 1 fully saturated rings. The molecular weight excluding hydrogens is 522 g/mol. The van der Waals surface area contributed by atoms with Crippen molar-refractivity contribution in [1.82, 2.24) is 4.90 Å². The lowest BCUT2D eigenvalue weighted by atomic mass is 9.89. The predicted molar refractivity (Wildman–Crippen MR) is 157 cm³/mol. The summed E-state index contributed by atoms with van der Waals surface area (Å²) in [7, 11) is -1.84. The number of sulfonamides is 1. The number of hydrogen-bond donors (Lipinski definition) is 1. The number of carbonyl (C=O) groups excluding carboxylic acids is 1. The third-order valence-corrected chi connectivity index (χ3v) is 8.63. The summed E-state index contributed by atoms with van der Waals surface area (Å²) >= 11 is 6.61. The van der Waals surface area contributed by atoms with Crippen LogP contribution in [0.4, 0.5) is 11.4 Å². The van der Waals surface area contributed by atoms with Crippen LogP contribution in [0.5, 0.6) is 5.75 Å². The van der Waals surface area contributed by atoms with Crippen molar-refractivity contribution in [3.05, 3.63) is 65.7 Å². The molecule has 1 aliphatic rings. The Morgan fingerprint density at radius 1 is 1.13 bits per heavy atom. The van der Waals surface area contributed by atoms with Gasteiger partial charge in [-0.05, 0) is 61.6 Å². The van der Waals surface area contributed by atoms with Crippen LogP contribution in [0.1, 0.15) is 55.8 Å². The molecule has 7 nitrogen and oxygen atoms in total. The van der Waals surface area contributed by atoms with Crippen molar-refractivity contribution < 1.29 is 17.9 Å². The standard InChI is InChI=1S/C29H40ClN3O4S/c1-4-17-32(22-23-9-7-6-8-10-23)18-19-33(28-16-15-26(37-3)21-27(28)30)29(34)24-11-13-25(14-12-24)31-38(35,36)20-5-2/h4,11-16,21,23,31H,1,5-10,17-20,22H2,2-3H3. The summed E-state index contributed by atoms with van der Waals surface area (Å²) in [5.41, 5.74) is 1.47. The van der Waals surface area contributed by atoms with Crippen molar-refractivity contribution in [3.8, 4) is 5.75 Å². The second-order valence-electron chi connectivity index (χ2n) is 9.82. The molecule has 2 aromatic rings. The van der Waals surface area contributed by atoms with Crippen LogP contribution in [-0.2, 0) is 10.0 Å². The average Bonchev–Trinajstić information content (AvgIpc) is 2.90. The van der Waals surface area contributed by atoms with Gasteiger partial charge in [0, 0.05) is 43.5 Å². The lowest BCUT2D eigenvalue weighted by Gasteiger charge is -2.31. The summed E-state index contributed by atoms with van der Waals surface area (Å²) in [5.74, 6) is 1.11. The Balaban J connectivity index is 1.82. The molecule has 1 aliphatic carbocycles. The van der Waals surface area contributed by atoms with E-state index in [2.05, 4.69) is 16.2 Å². The Morgan fingerprint density at radius 3 is 2.45 bits per heavy atom. The summed E-state index contributed by atoms with van der Waals surface area (Å²) in [5, 5.41) is 0.421. The van der Waals surface area contributed by atoms with E-state index in [4.69, 9.17) is 16.3 Å². The van der Waals surface area contributed by atoms with Crippen LogP contribution in [0, 0.1) is 5.92 Å². The smallest absolute Gasteiger partial charge is 0.258 e. The molecule has 2 aromatic carbocycles. The van der Waals surface area contributed by atoms with E-state index in [-0.39, 0.29) is 11.7 Å². The molecule has 1 amide bonds. The Morgan fingerprint density at radius 2 is 1.84 bits per heavy atom. The molecule has 0 aliphatic heterocycles. The van der Waals surface area contributed by atoms with E-state index in [9.17, 15) is 13.2 Å². The molecule has 0 unspecified atom stereocenters. The number of halogens is 1. The van der Waals surface area contributed by atoms with E-state index in [0.29, 0.717) is 53.1 Å². The Kier molecular flexibility index (Phi) is 11.5. The molecule has 0 saturated heterocycles. The van der Waals surface area contributed by atoms with Crippen LogP contribution in [-0.4, -0.2) is 58.3 Å². The van der Waals surface area contributed by atoms with Crippen molar-refractivity contribution in [1.29, 1.82) is 0 Å². The number of benzene rings is 2. The second-order valence-corrected chi connectivity index (χ2v) is 12.1. The number of ether oxygens (including phenoxy) is 1. The lowest BCUT2D eigenvalue weighted by Crippen LogP contribution is -2.41. The molecule has 208 valence electrons. The van der Waals surface area contributed by atoms with Gasteiger partial charge in [-0.15, -0.1) is 6.58 Å². The molecule has 1 N–H and O–H groups in total. The van der Waals surface area contributed by atoms with E-state index < -0.39 is 10.0 Å². The number of amides is 1. The normalized spacial score (nSPS) is 14.3. The van der Waals surface area contributed by atoms with Crippen molar-refractivity contribution >= 4 is 38.9 Å². The first-order valence-electron chi connectivity index (χ1n) is 13.4. The predicted octanol–water partition coefficient (Wildman–Crippen LogP) is 6.22. The molecule has 1 saturated carbocycles. The zero-order valence-corrected chi connectivity index (χ0v) is 24.1. The zero-order chi connectivity index (χ0) is 27.5. The van der Waals surface area contributed by atoms with E-state index in [1.807, 2.05) is 13.0 Å². The summed E-state index contributed by atoms with van der Waals surface area (Å²) in [4.78, 5) is 17.8. The highest BCUT2D eigenvalue weighted by atomic mass is 35.5. The van der Waals surface area contributed by atoms with Crippen molar-refractivity contribution in [3.63, 3.8) is 0 Å². The molecule has 9 heteroatoms. The fourth-order valence-corrected chi connectivity index (χ4v) is 6.32. The van der Waals surface area contributed by atoms with Gasteiger partial charge in [0.25, 0.3) is 5.91 Å². The fourth-order valence-electron chi connectivity index (χ4n) is 4.92. The number of nitrogens with zero attached hydrogens (tertiary/aromatic N) is 2. The first-order valence-corrected chi connectivity index (χ1v) is 15.4. The van der Waals surface area contributed by atoms with Crippen molar-refractivity contribution in [2.45, 2.75) is 45.4 Å². The number of hydrogen-bond acceptors (Lipinski definition) is 5. The highest BCUT2D eigenvalue weighted by Gasteiger charge is 2.23. The number of methoxy groups -OCH3 is 1. The Labute approximate surface area is 232 Å². The minimum atomic E-state index is -3.41. The summed E-state index contributed by atoms with van der Waals surface area (Å²) < 4.78 is 32.1. The lowest BCUT2D eigenvalue weighted by molar-refractivity contribution is 0.0982. The van der Waals surface area contributed by atoms with Gasteiger partial charge in [-0.25, -0.2) is 8.42 Å². The minimum Gasteiger partial charge on any atom is -0.497 e. The Hall–Kier alpha value is -2.55. The van der Waals surface area contributed by atoms with Crippen LogP contribution in [0.15, 0.2) is 55.1 Å². The summed E-state index contributed by atoms with van der Waals surface area (Å²) in [6, 6.07) is 11.8. The van der Waals surface area contributed by atoms with Gasteiger partial charge in [-0.2, -0.15) is 0 Å². The minimum absolute atomic E-state index is 0.0412. The maximum atomic E-state index is 13.8. The largest absolute Gasteiger partial charge is 0.497 e. The van der Waals surface area contributed by atoms with Crippen LogP contribution >= 0.6 is 11.6 Å². The number of rotatable bonds is 14. The first-order chi connectivity index (χ1) is 18.3. The van der Waals surface area contributed by atoms with Crippen LogP contribution in [0.25, 0.3) is 0 Å². The van der Waals surface area contributed by atoms with Crippen LogP contribution < -0.4 is 14.4 Å². The second kappa shape index (κ2) is 14.6. The fraction of sp³-hybridized carbons (Fsp3) is 0.483. The van der Waals surface area contributed by atoms with Gasteiger partial charge in [0.15, 0.2) is 0 Å². The van der Waals surface area contributed by atoms with Gasteiger partial charge >= 0.3 is 0 Å².